The zero-order valence-corrected chi connectivity index (χ0v) is 13.9. The van der Waals surface area contributed by atoms with Crippen molar-refractivity contribution in [1.82, 2.24) is 9.55 Å². The molecule has 0 atom stereocenters. The van der Waals surface area contributed by atoms with Crippen LogP contribution < -0.4 is 5.32 Å². The maximum Gasteiger partial charge on any atom is 0.303 e. The maximum absolute atomic E-state index is 11.9. The lowest BCUT2D eigenvalue weighted by atomic mass is 10.2. The minimum atomic E-state index is -0.892. The number of nitrogens with one attached hydrogen (secondary N) is 1. The number of hydrogen-bond acceptors (Lipinski definition) is 3. The lowest BCUT2D eigenvalue weighted by Crippen LogP contribution is -2.11. The van der Waals surface area contributed by atoms with Crippen molar-refractivity contribution in [3.63, 3.8) is 0 Å². The van der Waals surface area contributed by atoms with Crippen molar-refractivity contribution in [2.45, 2.75) is 26.2 Å². The molecule has 25 heavy (non-hydrogen) atoms. The molecular formula is C19H19N3O3. The van der Waals surface area contributed by atoms with Crippen LogP contribution in [0.1, 0.15) is 25.1 Å². The summed E-state index contributed by atoms with van der Waals surface area (Å²) in [4.78, 5) is 27.0. The van der Waals surface area contributed by atoms with E-state index in [4.69, 9.17) is 5.11 Å². The van der Waals surface area contributed by atoms with E-state index in [1.54, 1.807) is 0 Å². The number of fused-ring (bicyclic) bond motifs is 1. The van der Waals surface area contributed by atoms with Crippen LogP contribution in [0.2, 0.25) is 0 Å². The van der Waals surface area contributed by atoms with E-state index in [1.807, 2.05) is 55.5 Å². The number of rotatable bonds is 6. The smallest absolute Gasteiger partial charge is 0.303 e. The van der Waals surface area contributed by atoms with Gasteiger partial charge in [-0.05, 0) is 43.7 Å². The highest BCUT2D eigenvalue weighted by Crippen LogP contribution is 2.24. The average molecular weight is 337 g/mol. The predicted octanol–water partition coefficient (Wildman–Crippen LogP) is 3.53. The van der Waals surface area contributed by atoms with Crippen molar-refractivity contribution in [1.29, 1.82) is 0 Å². The van der Waals surface area contributed by atoms with Crippen molar-refractivity contribution in [2.75, 3.05) is 5.32 Å². The minimum absolute atomic E-state index is 0.00681. The second kappa shape index (κ2) is 7.17. The molecule has 2 aromatic carbocycles. The van der Waals surface area contributed by atoms with E-state index in [-0.39, 0.29) is 18.7 Å². The first-order valence-electron chi connectivity index (χ1n) is 8.11. The number of hydrogen-bond donors (Lipinski definition) is 2. The monoisotopic (exact) mass is 337 g/mol. The molecule has 0 aliphatic heterocycles. The van der Waals surface area contributed by atoms with Crippen LogP contribution in [0, 0.1) is 6.92 Å². The first-order chi connectivity index (χ1) is 12.0. The van der Waals surface area contributed by atoms with E-state index >= 15 is 0 Å². The standard InChI is InChI=1S/C19H19N3O3/c1-13-20-16-12-14(21-18(23)8-5-9-19(24)25)10-11-17(16)22(13)15-6-3-2-4-7-15/h2-4,6-7,10-12H,5,8-9H2,1H3,(H,21,23)(H,24,25). The Kier molecular flexibility index (Phi) is 4.79. The first kappa shape index (κ1) is 16.7. The molecule has 1 aromatic heterocycles. The second-order valence-corrected chi connectivity index (χ2v) is 5.83. The van der Waals surface area contributed by atoms with Crippen molar-refractivity contribution in [3.05, 3.63) is 54.4 Å². The maximum atomic E-state index is 11.9. The van der Waals surface area contributed by atoms with Crippen molar-refractivity contribution >= 4 is 28.6 Å². The molecule has 0 saturated carbocycles. The number of aromatic nitrogens is 2. The Morgan fingerprint density at radius 1 is 1.12 bits per heavy atom. The number of amides is 1. The molecule has 1 amide bonds. The summed E-state index contributed by atoms with van der Waals surface area (Å²) in [7, 11) is 0. The zero-order valence-electron chi connectivity index (χ0n) is 13.9. The molecular weight excluding hydrogens is 318 g/mol. The molecule has 1 heterocycles. The van der Waals surface area contributed by atoms with Gasteiger partial charge >= 0.3 is 5.97 Å². The minimum Gasteiger partial charge on any atom is -0.481 e. The third-order valence-electron chi connectivity index (χ3n) is 3.91. The molecule has 0 bridgehead atoms. The summed E-state index contributed by atoms with van der Waals surface area (Å²) in [5.41, 5.74) is 3.45. The summed E-state index contributed by atoms with van der Waals surface area (Å²) in [6.07, 6.45) is 0.500. The van der Waals surface area contributed by atoms with Crippen LogP contribution in [0.3, 0.4) is 0 Å². The topological polar surface area (TPSA) is 84.2 Å². The fourth-order valence-corrected chi connectivity index (χ4v) is 2.81. The van der Waals surface area contributed by atoms with Gasteiger partial charge in [0.05, 0.1) is 11.0 Å². The van der Waals surface area contributed by atoms with Gasteiger partial charge in [-0.2, -0.15) is 0 Å². The van der Waals surface area contributed by atoms with E-state index < -0.39 is 5.97 Å². The van der Waals surface area contributed by atoms with Gasteiger partial charge in [-0.25, -0.2) is 4.98 Å². The summed E-state index contributed by atoms with van der Waals surface area (Å²) in [6, 6.07) is 15.6. The molecule has 128 valence electrons. The molecule has 0 radical (unpaired) electrons. The van der Waals surface area contributed by atoms with Gasteiger partial charge in [0, 0.05) is 24.2 Å². The van der Waals surface area contributed by atoms with Crippen LogP contribution >= 0.6 is 0 Å². The number of aryl methyl sites for hydroxylation is 1. The molecule has 2 N–H and O–H groups in total. The third-order valence-corrected chi connectivity index (χ3v) is 3.91. The summed E-state index contributed by atoms with van der Waals surface area (Å²) in [5.74, 6) is -0.220. The van der Waals surface area contributed by atoms with E-state index in [1.165, 1.54) is 0 Å². The van der Waals surface area contributed by atoms with Crippen molar-refractivity contribution in [2.24, 2.45) is 0 Å². The van der Waals surface area contributed by atoms with Crippen molar-refractivity contribution < 1.29 is 14.7 Å². The summed E-state index contributed by atoms with van der Waals surface area (Å²) >= 11 is 0. The molecule has 0 spiro atoms. The number of carbonyl (C=O) groups excluding carboxylic acids is 1. The Labute approximate surface area is 145 Å². The van der Waals surface area contributed by atoms with E-state index in [9.17, 15) is 9.59 Å². The number of para-hydroxylation sites is 1. The van der Waals surface area contributed by atoms with E-state index in [0.717, 1.165) is 22.5 Å². The van der Waals surface area contributed by atoms with E-state index in [2.05, 4.69) is 14.9 Å². The normalized spacial score (nSPS) is 10.8. The van der Waals surface area contributed by atoms with Gasteiger partial charge in [0.15, 0.2) is 0 Å². The number of anilines is 1. The van der Waals surface area contributed by atoms with Crippen molar-refractivity contribution in [3.8, 4) is 5.69 Å². The molecule has 0 aliphatic carbocycles. The van der Waals surface area contributed by atoms with Crippen LogP contribution in [0.15, 0.2) is 48.5 Å². The van der Waals surface area contributed by atoms with E-state index in [0.29, 0.717) is 12.1 Å². The third kappa shape index (κ3) is 3.85. The molecule has 0 unspecified atom stereocenters. The van der Waals surface area contributed by atoms with Gasteiger partial charge in [-0.3, -0.25) is 14.2 Å². The highest BCUT2D eigenvalue weighted by molar-refractivity contribution is 5.93. The van der Waals surface area contributed by atoms with Gasteiger partial charge < -0.3 is 10.4 Å². The second-order valence-electron chi connectivity index (χ2n) is 5.83. The van der Waals surface area contributed by atoms with Crippen LogP contribution in [0.25, 0.3) is 16.7 Å². The summed E-state index contributed by atoms with van der Waals surface area (Å²) < 4.78 is 2.06. The number of carbonyl (C=O) groups is 2. The van der Waals surface area contributed by atoms with Gasteiger partial charge in [0.1, 0.15) is 5.82 Å². The summed E-state index contributed by atoms with van der Waals surface area (Å²) in [6.45, 7) is 1.94. The Morgan fingerprint density at radius 3 is 2.60 bits per heavy atom. The highest BCUT2D eigenvalue weighted by atomic mass is 16.4. The predicted molar refractivity (Wildman–Crippen MR) is 95.9 cm³/mol. The number of carboxylic acids is 1. The molecule has 6 nitrogen and oxygen atoms in total. The average Bonchev–Trinajstić information content (AvgIpc) is 2.90. The fourth-order valence-electron chi connectivity index (χ4n) is 2.81. The zero-order chi connectivity index (χ0) is 17.8. The van der Waals surface area contributed by atoms with Gasteiger partial charge in [0.25, 0.3) is 0 Å². The molecule has 6 heteroatoms. The fraction of sp³-hybridized carbons (Fsp3) is 0.211. The SMILES string of the molecule is Cc1nc2cc(NC(=O)CCCC(=O)O)ccc2n1-c1ccccc1. The molecule has 0 fully saturated rings. The quantitative estimate of drug-likeness (QED) is 0.721. The van der Waals surface area contributed by atoms with Gasteiger partial charge in [0.2, 0.25) is 5.91 Å². The largest absolute Gasteiger partial charge is 0.481 e. The first-order valence-corrected chi connectivity index (χ1v) is 8.11. The van der Waals surface area contributed by atoms with Crippen LogP contribution in [-0.2, 0) is 9.59 Å². The number of aliphatic carboxylic acids is 1. The number of nitrogens with zero attached hydrogens (tertiary/aromatic N) is 2. The molecule has 0 saturated heterocycles. The number of benzene rings is 2. The lowest BCUT2D eigenvalue weighted by molar-refractivity contribution is -0.137. The number of carboxylic acid groups (broad SMARTS) is 1. The van der Waals surface area contributed by atoms with Crippen LogP contribution in [0.4, 0.5) is 5.69 Å². The lowest BCUT2D eigenvalue weighted by Gasteiger charge is -2.07. The van der Waals surface area contributed by atoms with Gasteiger partial charge in [-0.1, -0.05) is 18.2 Å². The molecule has 3 rings (SSSR count). The molecule has 3 aromatic rings. The molecule has 0 aliphatic rings. The Hall–Kier alpha value is -3.15. The summed E-state index contributed by atoms with van der Waals surface area (Å²) in [5, 5.41) is 11.4. The highest BCUT2D eigenvalue weighted by Gasteiger charge is 2.11. The Bertz CT molecular complexity index is 916. The van der Waals surface area contributed by atoms with Crippen LogP contribution in [0.5, 0.6) is 0 Å². The Balaban J connectivity index is 1.80. The van der Waals surface area contributed by atoms with Crippen LogP contribution in [-0.4, -0.2) is 26.5 Å². The Morgan fingerprint density at radius 2 is 1.88 bits per heavy atom. The van der Waals surface area contributed by atoms with Gasteiger partial charge in [-0.15, -0.1) is 0 Å². The number of imidazole rings is 1.